The molecule has 0 spiro atoms. The Hall–Kier alpha value is -3.03. The number of nitrogens with one attached hydrogen (secondary N) is 1. The van der Waals surface area contributed by atoms with Gasteiger partial charge in [-0.3, -0.25) is 9.88 Å². The van der Waals surface area contributed by atoms with Gasteiger partial charge in [0.1, 0.15) is 5.75 Å². The second-order valence-electron chi connectivity index (χ2n) is 8.73. The van der Waals surface area contributed by atoms with E-state index in [-0.39, 0.29) is 6.04 Å². The van der Waals surface area contributed by atoms with Crippen molar-refractivity contribution in [2.24, 2.45) is 0 Å². The fourth-order valence-corrected chi connectivity index (χ4v) is 4.63. The van der Waals surface area contributed by atoms with E-state index in [1.54, 1.807) is 14.2 Å². The largest absolute Gasteiger partial charge is 0.496 e. The van der Waals surface area contributed by atoms with Crippen LogP contribution in [-0.4, -0.2) is 40.6 Å². The number of likely N-dealkylation sites (tertiary alicyclic amines) is 1. The summed E-state index contributed by atoms with van der Waals surface area (Å²) in [6.07, 6.45) is 2.22. The van der Waals surface area contributed by atoms with Crippen molar-refractivity contribution < 1.29 is 9.47 Å². The zero-order chi connectivity index (χ0) is 23.4. The number of rotatable bonds is 8. The van der Waals surface area contributed by atoms with Crippen LogP contribution in [0.4, 0.5) is 11.6 Å². The molecule has 1 saturated heterocycles. The van der Waals surface area contributed by atoms with E-state index < -0.39 is 0 Å². The minimum absolute atomic E-state index is 0.251. The van der Waals surface area contributed by atoms with E-state index in [1.807, 2.05) is 39.0 Å². The molecule has 1 N–H and O–H groups in total. The van der Waals surface area contributed by atoms with Crippen LogP contribution in [0.1, 0.15) is 52.8 Å². The van der Waals surface area contributed by atoms with Crippen molar-refractivity contribution in [3.63, 3.8) is 0 Å². The van der Waals surface area contributed by atoms with Crippen LogP contribution in [0.15, 0.2) is 36.4 Å². The molecule has 1 aromatic carbocycles. The van der Waals surface area contributed by atoms with Crippen LogP contribution in [0.5, 0.6) is 5.75 Å². The zero-order valence-corrected chi connectivity index (χ0v) is 20.2. The van der Waals surface area contributed by atoms with E-state index in [2.05, 4.69) is 38.4 Å². The van der Waals surface area contributed by atoms with E-state index in [9.17, 15) is 0 Å². The monoisotopic (exact) mass is 447 g/mol. The van der Waals surface area contributed by atoms with Gasteiger partial charge in [0.25, 0.3) is 0 Å². The van der Waals surface area contributed by atoms with Gasteiger partial charge < -0.3 is 14.8 Å². The first-order valence-electron chi connectivity index (χ1n) is 11.4. The highest BCUT2D eigenvalue weighted by Gasteiger charge is 2.28. The first kappa shape index (κ1) is 23.1. The molecule has 1 aliphatic rings. The summed E-state index contributed by atoms with van der Waals surface area (Å²) in [5, 5.41) is 3.38. The van der Waals surface area contributed by atoms with Crippen LogP contribution in [0.25, 0.3) is 0 Å². The van der Waals surface area contributed by atoms with Crippen molar-refractivity contribution in [2.75, 3.05) is 26.1 Å². The predicted octanol–water partition coefficient (Wildman–Crippen LogP) is 5.03. The normalized spacial score (nSPS) is 16.2. The number of hydrogen-bond acceptors (Lipinski definition) is 7. The van der Waals surface area contributed by atoms with E-state index in [1.165, 1.54) is 5.56 Å². The summed E-state index contributed by atoms with van der Waals surface area (Å²) in [4.78, 5) is 16.4. The second kappa shape index (κ2) is 10.3. The van der Waals surface area contributed by atoms with E-state index in [4.69, 9.17) is 14.5 Å². The lowest BCUT2D eigenvalue weighted by Crippen LogP contribution is -2.24. The summed E-state index contributed by atoms with van der Waals surface area (Å²) < 4.78 is 11.0. The lowest BCUT2D eigenvalue weighted by molar-refractivity contribution is 0.184. The minimum atomic E-state index is 0.251. The summed E-state index contributed by atoms with van der Waals surface area (Å²) in [5.41, 5.74) is 7.24. The van der Waals surface area contributed by atoms with Gasteiger partial charge in [-0.15, -0.1) is 0 Å². The van der Waals surface area contributed by atoms with Crippen LogP contribution >= 0.6 is 0 Å². The number of anilines is 2. The highest BCUT2D eigenvalue weighted by Crippen LogP contribution is 2.35. The van der Waals surface area contributed by atoms with Gasteiger partial charge in [-0.05, 0) is 76.1 Å². The Balaban J connectivity index is 1.58. The summed E-state index contributed by atoms with van der Waals surface area (Å²) >= 11 is 0. The molecule has 33 heavy (non-hydrogen) atoms. The molecule has 0 saturated carbocycles. The number of benzene rings is 1. The van der Waals surface area contributed by atoms with E-state index in [0.717, 1.165) is 65.7 Å². The third kappa shape index (κ3) is 5.67. The maximum absolute atomic E-state index is 5.65. The highest BCUT2D eigenvalue weighted by molar-refractivity contribution is 5.55. The van der Waals surface area contributed by atoms with Gasteiger partial charge >= 0.3 is 0 Å². The van der Waals surface area contributed by atoms with Crippen LogP contribution in [0.3, 0.4) is 0 Å². The quantitative estimate of drug-likeness (QED) is 0.519. The molecule has 1 atom stereocenters. The third-order valence-corrected chi connectivity index (χ3v) is 5.95. The Morgan fingerprint density at radius 2 is 1.73 bits per heavy atom. The Morgan fingerprint density at radius 1 is 0.970 bits per heavy atom. The van der Waals surface area contributed by atoms with Gasteiger partial charge in [0.15, 0.2) is 0 Å². The zero-order valence-electron chi connectivity index (χ0n) is 20.2. The van der Waals surface area contributed by atoms with Gasteiger partial charge in [0.2, 0.25) is 5.95 Å². The number of ether oxygens (including phenoxy) is 2. The second-order valence-corrected chi connectivity index (χ2v) is 8.73. The van der Waals surface area contributed by atoms with Crippen molar-refractivity contribution in [2.45, 2.75) is 52.8 Å². The molecule has 7 heteroatoms. The highest BCUT2D eigenvalue weighted by atomic mass is 16.5. The molecule has 0 amide bonds. The molecule has 1 aliphatic heterocycles. The molecule has 3 aromatic rings. The number of pyridine rings is 1. The van der Waals surface area contributed by atoms with E-state index >= 15 is 0 Å². The summed E-state index contributed by atoms with van der Waals surface area (Å²) in [6.45, 7) is 8.43. The summed E-state index contributed by atoms with van der Waals surface area (Å²) in [5.74, 6) is 1.53. The van der Waals surface area contributed by atoms with E-state index in [0.29, 0.717) is 12.6 Å². The number of nitrogens with zero attached hydrogens (tertiary/aromatic N) is 4. The molecule has 0 bridgehead atoms. The minimum Gasteiger partial charge on any atom is -0.496 e. The molecule has 1 unspecified atom stereocenters. The number of aryl methyl sites for hydroxylation is 3. The van der Waals surface area contributed by atoms with Crippen molar-refractivity contribution in [1.29, 1.82) is 0 Å². The third-order valence-electron chi connectivity index (χ3n) is 5.95. The number of methoxy groups -OCH3 is 2. The number of hydrogen-bond donors (Lipinski definition) is 1. The van der Waals surface area contributed by atoms with Crippen molar-refractivity contribution in [3.8, 4) is 5.75 Å². The van der Waals surface area contributed by atoms with Gasteiger partial charge in [-0.1, -0.05) is 6.07 Å². The molecular weight excluding hydrogens is 414 g/mol. The van der Waals surface area contributed by atoms with Crippen molar-refractivity contribution in [3.05, 3.63) is 70.3 Å². The number of aromatic nitrogens is 3. The van der Waals surface area contributed by atoms with Gasteiger partial charge in [-0.2, -0.15) is 0 Å². The van der Waals surface area contributed by atoms with Crippen LogP contribution in [0, 0.1) is 20.8 Å². The van der Waals surface area contributed by atoms with Crippen LogP contribution < -0.4 is 10.1 Å². The molecule has 174 valence electrons. The molecule has 1 fully saturated rings. The summed E-state index contributed by atoms with van der Waals surface area (Å²) in [6, 6.07) is 12.7. The first-order chi connectivity index (χ1) is 15.9. The molecule has 2 aromatic heterocycles. The maximum Gasteiger partial charge on any atom is 0.227 e. The molecular formula is C26H33N5O2. The fraction of sp³-hybridized carbons (Fsp3) is 0.423. The Bertz CT molecular complexity index is 1100. The van der Waals surface area contributed by atoms with Crippen molar-refractivity contribution >= 4 is 11.6 Å². The molecule has 0 radical (unpaired) electrons. The standard InChI is InChI=1S/C26H33N5O2/c1-17-11-18(2)29-26(28-17)30-22-12-19(3)27-23(14-22)24-7-6-10-31(24)15-21-13-20(16-32-4)8-9-25(21)33-5/h8-9,11-14,24H,6-7,10,15-16H2,1-5H3,(H,27,28,29,30). The maximum atomic E-state index is 5.65. The van der Waals surface area contributed by atoms with Gasteiger partial charge in [-0.25, -0.2) is 9.97 Å². The average molecular weight is 448 g/mol. The Morgan fingerprint density at radius 3 is 2.45 bits per heavy atom. The Labute approximate surface area is 196 Å². The average Bonchev–Trinajstić information content (AvgIpc) is 3.21. The lowest BCUT2D eigenvalue weighted by Gasteiger charge is -2.26. The lowest BCUT2D eigenvalue weighted by atomic mass is 10.1. The fourth-order valence-electron chi connectivity index (χ4n) is 4.63. The first-order valence-corrected chi connectivity index (χ1v) is 11.4. The summed E-state index contributed by atoms with van der Waals surface area (Å²) in [7, 11) is 3.45. The Kier molecular flexibility index (Phi) is 7.20. The SMILES string of the molecule is COCc1ccc(OC)c(CN2CCCC2c2cc(Nc3nc(C)cc(C)n3)cc(C)n2)c1. The molecule has 4 rings (SSSR count). The van der Waals surface area contributed by atoms with Gasteiger partial charge in [0, 0.05) is 42.0 Å². The topological polar surface area (TPSA) is 72.4 Å². The van der Waals surface area contributed by atoms with Crippen LogP contribution in [0.2, 0.25) is 0 Å². The van der Waals surface area contributed by atoms with Gasteiger partial charge in [0.05, 0.1) is 25.5 Å². The predicted molar refractivity (Wildman–Crippen MR) is 130 cm³/mol. The van der Waals surface area contributed by atoms with Crippen LogP contribution in [-0.2, 0) is 17.9 Å². The molecule has 0 aliphatic carbocycles. The molecule has 7 nitrogen and oxygen atoms in total. The molecule has 3 heterocycles. The van der Waals surface area contributed by atoms with Crippen molar-refractivity contribution in [1.82, 2.24) is 19.9 Å². The smallest absolute Gasteiger partial charge is 0.227 e.